The summed E-state index contributed by atoms with van der Waals surface area (Å²) in [6.45, 7) is 1.88. The van der Waals surface area contributed by atoms with E-state index in [2.05, 4.69) is 16.9 Å². The fourth-order valence-corrected chi connectivity index (χ4v) is 2.41. The predicted molar refractivity (Wildman–Crippen MR) is 75.9 cm³/mol. The van der Waals surface area contributed by atoms with Crippen LogP contribution >= 0.6 is 12.2 Å². The Balaban J connectivity index is 1.83. The van der Waals surface area contributed by atoms with E-state index in [4.69, 9.17) is 22.7 Å². The number of pyridine rings is 1. The van der Waals surface area contributed by atoms with E-state index in [-0.39, 0.29) is 0 Å². The van der Waals surface area contributed by atoms with E-state index >= 15 is 0 Å². The summed E-state index contributed by atoms with van der Waals surface area (Å²) in [5, 5.41) is 0. The Kier molecular flexibility index (Phi) is 4.49. The van der Waals surface area contributed by atoms with Crippen molar-refractivity contribution >= 4 is 17.2 Å². The number of nitrogens with zero attached hydrogens (tertiary/aromatic N) is 2. The van der Waals surface area contributed by atoms with Gasteiger partial charge in [-0.05, 0) is 38.9 Å². The van der Waals surface area contributed by atoms with Gasteiger partial charge in [-0.25, -0.2) is 4.98 Å². The van der Waals surface area contributed by atoms with Crippen molar-refractivity contribution in [2.45, 2.75) is 25.3 Å². The van der Waals surface area contributed by atoms with Crippen molar-refractivity contribution in [2.24, 2.45) is 5.73 Å². The lowest BCUT2D eigenvalue weighted by molar-refractivity contribution is 0.228. The second-order valence-electron chi connectivity index (χ2n) is 4.66. The molecule has 1 aromatic heterocycles. The van der Waals surface area contributed by atoms with Gasteiger partial charge in [0.2, 0.25) is 5.88 Å². The third-order valence-corrected chi connectivity index (χ3v) is 3.63. The molecule has 0 saturated carbocycles. The van der Waals surface area contributed by atoms with Gasteiger partial charge in [-0.3, -0.25) is 0 Å². The first-order valence-corrected chi connectivity index (χ1v) is 6.66. The van der Waals surface area contributed by atoms with E-state index in [0.717, 1.165) is 12.0 Å². The molecular formula is C13H19N3OS. The summed E-state index contributed by atoms with van der Waals surface area (Å²) in [6, 6.07) is 4.23. The SMILES string of the molecule is CN1CCCC1CCOc1cc(C(N)=S)ccn1. The van der Waals surface area contributed by atoms with Gasteiger partial charge in [0.15, 0.2) is 0 Å². The number of hydrogen-bond acceptors (Lipinski definition) is 4. The Morgan fingerprint density at radius 2 is 2.50 bits per heavy atom. The molecule has 1 atom stereocenters. The van der Waals surface area contributed by atoms with Gasteiger partial charge in [-0.1, -0.05) is 12.2 Å². The maximum Gasteiger partial charge on any atom is 0.213 e. The molecule has 1 aliphatic heterocycles. The summed E-state index contributed by atoms with van der Waals surface area (Å²) in [5.74, 6) is 0.598. The number of ether oxygens (including phenoxy) is 1. The van der Waals surface area contributed by atoms with E-state index < -0.39 is 0 Å². The van der Waals surface area contributed by atoms with Crippen LogP contribution in [0.15, 0.2) is 18.3 Å². The summed E-state index contributed by atoms with van der Waals surface area (Å²) >= 11 is 4.92. The highest BCUT2D eigenvalue weighted by Gasteiger charge is 2.20. The maximum atomic E-state index is 5.65. The smallest absolute Gasteiger partial charge is 0.213 e. The number of nitrogens with two attached hydrogens (primary N) is 1. The summed E-state index contributed by atoms with van der Waals surface area (Å²) in [7, 11) is 2.17. The normalized spacial score (nSPS) is 19.9. The van der Waals surface area contributed by atoms with Gasteiger partial charge >= 0.3 is 0 Å². The molecule has 98 valence electrons. The standard InChI is InChI=1S/C13H19N3OS/c1-16-7-2-3-11(16)5-8-17-12-9-10(13(14)18)4-6-15-12/h4,6,9,11H,2-3,5,7-8H2,1H3,(H2,14,18). The van der Waals surface area contributed by atoms with Crippen molar-refractivity contribution in [1.29, 1.82) is 0 Å². The second-order valence-corrected chi connectivity index (χ2v) is 5.10. The van der Waals surface area contributed by atoms with Crippen LogP contribution in [0.25, 0.3) is 0 Å². The molecule has 2 heterocycles. The van der Waals surface area contributed by atoms with Crippen LogP contribution in [0.2, 0.25) is 0 Å². The molecule has 4 nitrogen and oxygen atoms in total. The summed E-state index contributed by atoms with van der Waals surface area (Å²) in [6.07, 6.45) is 5.26. The predicted octanol–water partition coefficient (Wildman–Crippen LogP) is 1.58. The molecule has 18 heavy (non-hydrogen) atoms. The number of hydrogen-bond donors (Lipinski definition) is 1. The number of rotatable bonds is 5. The largest absolute Gasteiger partial charge is 0.478 e. The van der Waals surface area contributed by atoms with Gasteiger partial charge in [-0.15, -0.1) is 0 Å². The van der Waals surface area contributed by atoms with Crippen molar-refractivity contribution in [3.05, 3.63) is 23.9 Å². The highest BCUT2D eigenvalue weighted by atomic mass is 32.1. The summed E-state index contributed by atoms with van der Waals surface area (Å²) < 4.78 is 5.65. The number of aromatic nitrogens is 1. The lowest BCUT2D eigenvalue weighted by Crippen LogP contribution is -2.26. The maximum absolute atomic E-state index is 5.65. The Hall–Kier alpha value is -1.20. The van der Waals surface area contributed by atoms with Crippen molar-refractivity contribution < 1.29 is 4.74 Å². The van der Waals surface area contributed by atoms with E-state index in [1.54, 1.807) is 18.3 Å². The van der Waals surface area contributed by atoms with E-state index in [0.29, 0.717) is 23.5 Å². The van der Waals surface area contributed by atoms with Crippen LogP contribution in [0.3, 0.4) is 0 Å². The minimum Gasteiger partial charge on any atom is -0.478 e. The lowest BCUT2D eigenvalue weighted by Gasteiger charge is -2.19. The fourth-order valence-electron chi connectivity index (χ4n) is 2.29. The van der Waals surface area contributed by atoms with Gasteiger partial charge in [0, 0.05) is 23.9 Å². The van der Waals surface area contributed by atoms with Gasteiger partial charge in [0.05, 0.1) is 6.61 Å². The first-order valence-electron chi connectivity index (χ1n) is 6.25. The third kappa shape index (κ3) is 3.40. The van der Waals surface area contributed by atoms with Crippen LogP contribution in [-0.2, 0) is 0 Å². The van der Waals surface area contributed by atoms with Crippen molar-refractivity contribution in [2.75, 3.05) is 20.2 Å². The minimum absolute atomic E-state index is 0.373. The molecule has 0 aliphatic carbocycles. The van der Waals surface area contributed by atoms with Crippen LogP contribution in [-0.4, -0.2) is 41.1 Å². The lowest BCUT2D eigenvalue weighted by atomic mass is 10.1. The first-order chi connectivity index (χ1) is 8.66. The quantitative estimate of drug-likeness (QED) is 0.819. The molecule has 0 bridgehead atoms. The van der Waals surface area contributed by atoms with Crippen LogP contribution in [0.1, 0.15) is 24.8 Å². The van der Waals surface area contributed by atoms with Crippen LogP contribution in [0.4, 0.5) is 0 Å². The zero-order chi connectivity index (χ0) is 13.0. The third-order valence-electron chi connectivity index (χ3n) is 3.39. The van der Waals surface area contributed by atoms with Gasteiger partial charge in [0.25, 0.3) is 0 Å². The van der Waals surface area contributed by atoms with E-state index in [1.165, 1.54) is 19.4 Å². The highest BCUT2D eigenvalue weighted by Crippen LogP contribution is 2.18. The van der Waals surface area contributed by atoms with Crippen molar-refractivity contribution in [3.8, 4) is 5.88 Å². The average Bonchev–Trinajstić information content (AvgIpc) is 2.76. The number of likely N-dealkylation sites (tertiary alicyclic amines) is 1. The van der Waals surface area contributed by atoms with Crippen molar-refractivity contribution in [1.82, 2.24) is 9.88 Å². The molecule has 1 saturated heterocycles. The van der Waals surface area contributed by atoms with Crippen LogP contribution in [0, 0.1) is 0 Å². The molecule has 0 aromatic carbocycles. The average molecular weight is 265 g/mol. The monoisotopic (exact) mass is 265 g/mol. The Morgan fingerprint density at radius 3 is 3.17 bits per heavy atom. The Labute approximate surface area is 113 Å². The minimum atomic E-state index is 0.373. The van der Waals surface area contributed by atoms with Crippen molar-refractivity contribution in [3.63, 3.8) is 0 Å². The second kappa shape index (κ2) is 6.11. The zero-order valence-electron chi connectivity index (χ0n) is 10.6. The molecule has 2 N–H and O–H groups in total. The summed E-state index contributed by atoms with van der Waals surface area (Å²) in [5.41, 5.74) is 6.37. The molecule has 1 aromatic rings. The van der Waals surface area contributed by atoms with E-state index in [1.807, 2.05) is 0 Å². The molecule has 2 rings (SSSR count). The molecule has 0 amide bonds. The van der Waals surface area contributed by atoms with Crippen LogP contribution in [0.5, 0.6) is 5.88 Å². The Bertz CT molecular complexity index is 424. The van der Waals surface area contributed by atoms with Crippen LogP contribution < -0.4 is 10.5 Å². The fraction of sp³-hybridized carbons (Fsp3) is 0.538. The summed E-state index contributed by atoms with van der Waals surface area (Å²) in [4.78, 5) is 6.92. The van der Waals surface area contributed by atoms with E-state index in [9.17, 15) is 0 Å². The molecule has 1 fully saturated rings. The molecule has 5 heteroatoms. The first kappa shape index (κ1) is 13.2. The van der Waals surface area contributed by atoms with Gasteiger partial charge < -0.3 is 15.4 Å². The molecule has 1 unspecified atom stereocenters. The number of thiocarbonyl (C=S) groups is 1. The van der Waals surface area contributed by atoms with Gasteiger partial charge in [0.1, 0.15) is 4.99 Å². The molecule has 0 spiro atoms. The van der Waals surface area contributed by atoms with Gasteiger partial charge in [-0.2, -0.15) is 0 Å². The highest BCUT2D eigenvalue weighted by molar-refractivity contribution is 7.80. The molecule has 1 aliphatic rings. The zero-order valence-corrected chi connectivity index (χ0v) is 11.4. The molecule has 0 radical (unpaired) electrons. The topological polar surface area (TPSA) is 51.4 Å². The Morgan fingerprint density at radius 1 is 1.67 bits per heavy atom. The molecular weight excluding hydrogens is 246 g/mol.